The molecule has 3 aromatic carbocycles. The number of para-hydroxylation sites is 2. The maximum absolute atomic E-state index is 5.75. The van der Waals surface area contributed by atoms with E-state index in [2.05, 4.69) is 101 Å². The second-order valence-corrected chi connectivity index (χ2v) is 8.60. The summed E-state index contributed by atoms with van der Waals surface area (Å²) < 4.78 is 13.2. The molecule has 1 aromatic heterocycles. The third-order valence-corrected chi connectivity index (χ3v) is 6.61. The monoisotopic (exact) mass is 532 g/mol. The lowest BCUT2D eigenvalue weighted by Gasteiger charge is -2.29. The zero-order valence-corrected chi connectivity index (χ0v) is 22.2. The van der Waals surface area contributed by atoms with E-state index in [0.717, 1.165) is 19.6 Å². The number of halogens is 1. The Morgan fingerprint density at radius 2 is 1.66 bits per heavy atom. The van der Waals surface area contributed by atoms with Crippen LogP contribution < -0.4 is 4.90 Å². The van der Waals surface area contributed by atoms with E-state index in [9.17, 15) is 0 Å². The molecule has 1 aliphatic heterocycles. The van der Waals surface area contributed by atoms with Gasteiger partial charge in [0.05, 0.1) is 19.8 Å². The van der Waals surface area contributed by atoms with Gasteiger partial charge in [-0.25, -0.2) is 0 Å². The molecule has 0 bridgehead atoms. The third kappa shape index (κ3) is 5.22. The van der Waals surface area contributed by atoms with Crippen molar-refractivity contribution in [2.75, 3.05) is 44.9 Å². The molecule has 5 rings (SSSR count). The number of hydrogen-bond donors (Lipinski definition) is 0. The van der Waals surface area contributed by atoms with E-state index in [0.29, 0.717) is 19.8 Å². The van der Waals surface area contributed by atoms with Crippen molar-refractivity contribution in [3.8, 4) is 0 Å². The van der Waals surface area contributed by atoms with Crippen molar-refractivity contribution in [3.63, 3.8) is 0 Å². The van der Waals surface area contributed by atoms with Gasteiger partial charge >= 0.3 is 0 Å². The van der Waals surface area contributed by atoms with Crippen LogP contribution >= 0.6 is 17.0 Å². The summed E-state index contributed by atoms with van der Waals surface area (Å²) >= 11 is 0. The van der Waals surface area contributed by atoms with Crippen LogP contribution in [0.1, 0.15) is 18.1 Å². The molecule has 0 unspecified atom stereocenters. The summed E-state index contributed by atoms with van der Waals surface area (Å²) in [4.78, 5) is 2.41. The Bertz CT molecular complexity index is 1360. The highest BCUT2D eigenvalue weighted by atomic mass is 79.9. The van der Waals surface area contributed by atoms with Crippen LogP contribution in [-0.4, -0.2) is 44.6 Å². The fourth-order valence-corrected chi connectivity index (χ4v) is 4.87. The summed E-state index contributed by atoms with van der Waals surface area (Å²) in [6, 6.07) is 24.1. The second kappa shape index (κ2) is 11.7. The highest BCUT2D eigenvalue weighted by Crippen LogP contribution is 2.33. The molecule has 0 aliphatic carbocycles. The molecule has 5 heteroatoms. The van der Waals surface area contributed by atoms with E-state index in [4.69, 9.17) is 9.47 Å². The van der Waals surface area contributed by atoms with E-state index >= 15 is 0 Å². The Hall–Kier alpha value is -2.86. The minimum atomic E-state index is 0. The average molecular weight is 534 g/mol. The van der Waals surface area contributed by atoms with Gasteiger partial charge < -0.3 is 18.9 Å². The van der Waals surface area contributed by atoms with Crippen molar-refractivity contribution in [1.82, 2.24) is 4.57 Å². The molecule has 182 valence electrons. The van der Waals surface area contributed by atoms with Gasteiger partial charge in [-0.3, -0.25) is 0 Å². The molecule has 0 saturated heterocycles. The van der Waals surface area contributed by atoms with Gasteiger partial charge in [0.15, 0.2) is 0 Å². The number of methoxy groups -OCH3 is 1. The van der Waals surface area contributed by atoms with Gasteiger partial charge in [-0.15, -0.1) is 17.0 Å². The number of benzene rings is 3. The number of aromatic nitrogens is 1. The first kappa shape index (κ1) is 25.2. The number of nitrogens with zero attached hydrogens (tertiary/aromatic N) is 2. The first-order valence-corrected chi connectivity index (χ1v) is 12.1. The number of likely N-dealkylation sites (N-methyl/N-ethyl adjacent to an activating group) is 1. The van der Waals surface area contributed by atoms with Crippen molar-refractivity contribution < 1.29 is 9.47 Å². The number of allylic oxidation sites excluding steroid dienone is 2. The smallest absolute Gasteiger partial charge is 0.0701 e. The summed E-state index contributed by atoms with van der Waals surface area (Å²) in [5, 5.41) is 2.57. The van der Waals surface area contributed by atoms with Crippen LogP contribution in [0.25, 0.3) is 33.5 Å². The average Bonchev–Trinajstić information content (AvgIpc) is 3.20. The summed E-state index contributed by atoms with van der Waals surface area (Å²) in [7, 11) is 1.70. The molecule has 0 N–H and O–H groups in total. The Labute approximate surface area is 218 Å². The lowest BCUT2D eigenvalue weighted by molar-refractivity contribution is 0.0673. The molecule has 4 nitrogen and oxygen atoms in total. The van der Waals surface area contributed by atoms with Gasteiger partial charge in [-0.05, 0) is 42.3 Å². The Balaban J connectivity index is 0.00000289. The van der Waals surface area contributed by atoms with E-state index < -0.39 is 0 Å². The van der Waals surface area contributed by atoms with Gasteiger partial charge in [0.2, 0.25) is 0 Å². The normalized spacial score (nSPS) is 13.3. The zero-order chi connectivity index (χ0) is 23.3. The summed E-state index contributed by atoms with van der Waals surface area (Å²) in [5.41, 5.74) is 7.61. The summed E-state index contributed by atoms with van der Waals surface area (Å²) in [5.74, 6) is 0. The molecule has 0 saturated carbocycles. The van der Waals surface area contributed by atoms with Crippen molar-refractivity contribution in [2.24, 2.45) is 0 Å². The molecule has 35 heavy (non-hydrogen) atoms. The number of fused-ring (bicyclic) bond motifs is 4. The van der Waals surface area contributed by atoms with Crippen molar-refractivity contribution in [3.05, 3.63) is 90.0 Å². The Morgan fingerprint density at radius 1 is 0.857 bits per heavy atom. The van der Waals surface area contributed by atoms with Crippen LogP contribution in [0.5, 0.6) is 0 Å². The molecule has 0 atom stereocenters. The Morgan fingerprint density at radius 3 is 2.51 bits per heavy atom. The largest absolute Gasteiger partial charge is 0.382 e. The summed E-state index contributed by atoms with van der Waals surface area (Å²) in [6.07, 6.45) is 6.83. The minimum Gasteiger partial charge on any atom is -0.382 e. The van der Waals surface area contributed by atoms with Gasteiger partial charge in [-0.1, -0.05) is 60.7 Å². The topological polar surface area (TPSA) is 26.6 Å². The predicted molar refractivity (Wildman–Crippen MR) is 154 cm³/mol. The second-order valence-electron chi connectivity index (χ2n) is 8.60. The molecule has 4 aromatic rings. The first-order chi connectivity index (χ1) is 16.8. The number of rotatable bonds is 9. The first-order valence-electron chi connectivity index (χ1n) is 12.1. The quantitative estimate of drug-likeness (QED) is 0.218. The zero-order valence-electron chi connectivity index (χ0n) is 20.4. The lowest BCUT2D eigenvalue weighted by atomic mass is 9.97. The maximum atomic E-state index is 5.75. The maximum Gasteiger partial charge on any atom is 0.0701 e. The standard InChI is InChI=1S/C30H32N2O2.BrH/c1-3-31-17-16-24(25-8-4-6-10-28(25)31)14-12-23-13-15-30-27(22-23)26-9-5-7-11-29(26)32(30)18-19-34-21-20-33-2;/h4-16,22H,3,17-21H2,1-2H3;1H. The third-order valence-electron chi connectivity index (χ3n) is 6.61. The van der Waals surface area contributed by atoms with Gasteiger partial charge in [0, 0.05) is 59.8 Å². The lowest BCUT2D eigenvalue weighted by Crippen LogP contribution is -2.26. The summed E-state index contributed by atoms with van der Waals surface area (Å²) in [6.45, 7) is 6.91. The van der Waals surface area contributed by atoms with Crippen LogP contribution in [0.4, 0.5) is 5.69 Å². The van der Waals surface area contributed by atoms with Crippen molar-refractivity contribution >= 4 is 56.1 Å². The van der Waals surface area contributed by atoms with Crippen LogP contribution in [0.2, 0.25) is 0 Å². The van der Waals surface area contributed by atoms with Crippen molar-refractivity contribution in [2.45, 2.75) is 13.5 Å². The highest BCUT2D eigenvalue weighted by Gasteiger charge is 2.15. The SMILES string of the molecule is Br.CCN1CC=C(C=Cc2ccc3c(c2)c2ccccc2n3CCOCCOC)c2ccccc21. The van der Waals surface area contributed by atoms with E-state index in [1.807, 2.05) is 0 Å². The highest BCUT2D eigenvalue weighted by molar-refractivity contribution is 8.93. The number of hydrogen-bond acceptors (Lipinski definition) is 3. The molecule has 0 radical (unpaired) electrons. The van der Waals surface area contributed by atoms with E-state index in [1.54, 1.807) is 7.11 Å². The number of ether oxygens (including phenoxy) is 2. The predicted octanol–water partition coefficient (Wildman–Crippen LogP) is 6.97. The fourth-order valence-electron chi connectivity index (χ4n) is 4.87. The number of anilines is 1. The van der Waals surface area contributed by atoms with Gasteiger partial charge in [0.1, 0.15) is 0 Å². The molecule has 2 heterocycles. The molecule has 0 spiro atoms. The Kier molecular flexibility index (Phi) is 8.45. The molecule has 0 amide bonds. The van der Waals surface area contributed by atoms with Gasteiger partial charge in [-0.2, -0.15) is 0 Å². The van der Waals surface area contributed by atoms with Crippen molar-refractivity contribution in [1.29, 1.82) is 0 Å². The van der Waals surface area contributed by atoms with Crippen LogP contribution in [0, 0.1) is 0 Å². The van der Waals surface area contributed by atoms with Gasteiger partial charge in [0.25, 0.3) is 0 Å². The minimum absolute atomic E-state index is 0. The van der Waals surface area contributed by atoms with E-state index in [-0.39, 0.29) is 17.0 Å². The van der Waals surface area contributed by atoms with E-state index in [1.165, 1.54) is 44.2 Å². The fraction of sp³-hybridized carbons (Fsp3) is 0.267. The van der Waals surface area contributed by atoms with Crippen LogP contribution in [0.3, 0.4) is 0 Å². The molecule has 1 aliphatic rings. The molecule has 0 fully saturated rings. The van der Waals surface area contributed by atoms with Crippen LogP contribution in [-0.2, 0) is 16.0 Å². The van der Waals surface area contributed by atoms with Crippen LogP contribution in [0.15, 0.2) is 78.9 Å². The molecular weight excluding hydrogens is 500 g/mol. The molecular formula is C30H33BrN2O2.